The van der Waals surface area contributed by atoms with Gasteiger partial charge in [0.15, 0.2) is 0 Å². The lowest BCUT2D eigenvalue weighted by Gasteiger charge is -2.12. The summed E-state index contributed by atoms with van der Waals surface area (Å²) in [6, 6.07) is 5.62. The van der Waals surface area contributed by atoms with Crippen LogP contribution in [-0.4, -0.2) is 16.6 Å². The van der Waals surface area contributed by atoms with Gasteiger partial charge in [0.05, 0.1) is 0 Å². The Morgan fingerprint density at radius 1 is 1.29 bits per heavy atom. The lowest BCUT2D eigenvalue weighted by Crippen LogP contribution is -2.22. The first-order chi connectivity index (χ1) is 6.86. The van der Waals surface area contributed by atoms with Gasteiger partial charge >= 0.3 is 0 Å². The third kappa shape index (κ3) is 0.960. The van der Waals surface area contributed by atoms with Gasteiger partial charge in [0.2, 0.25) is 0 Å². The summed E-state index contributed by atoms with van der Waals surface area (Å²) in [5.74, 6) is 0.391. The van der Waals surface area contributed by atoms with E-state index >= 15 is 0 Å². The summed E-state index contributed by atoms with van der Waals surface area (Å²) in [5, 5.41) is 14.1. The zero-order chi connectivity index (χ0) is 9.54. The molecule has 14 heavy (non-hydrogen) atoms. The number of phenolic OH excluding ortho intramolecular Hbond substituents is 1. The van der Waals surface area contributed by atoms with Crippen LogP contribution in [0.1, 0.15) is 11.3 Å². The predicted octanol–water partition coefficient (Wildman–Crippen LogP) is 1.52. The van der Waals surface area contributed by atoms with Crippen molar-refractivity contribution in [1.29, 1.82) is 0 Å². The van der Waals surface area contributed by atoms with Crippen LogP contribution in [0.4, 0.5) is 0 Å². The number of H-pyrrole nitrogens is 1. The molecule has 1 aliphatic rings. The van der Waals surface area contributed by atoms with Crippen LogP contribution in [0.5, 0.6) is 5.75 Å². The highest BCUT2D eigenvalue weighted by Crippen LogP contribution is 2.31. The average molecular weight is 188 g/mol. The molecule has 0 fully saturated rings. The lowest BCUT2D eigenvalue weighted by atomic mass is 10.0. The summed E-state index contributed by atoms with van der Waals surface area (Å²) in [5.41, 5.74) is 3.53. The Hall–Kier alpha value is -1.48. The van der Waals surface area contributed by atoms with Crippen LogP contribution in [0.15, 0.2) is 18.2 Å². The number of hydrogen-bond acceptors (Lipinski definition) is 2. The third-order valence-corrected chi connectivity index (χ3v) is 2.85. The minimum Gasteiger partial charge on any atom is -0.507 e. The Labute approximate surface area is 81.8 Å². The van der Waals surface area contributed by atoms with Gasteiger partial charge in [-0.1, -0.05) is 6.07 Å². The van der Waals surface area contributed by atoms with E-state index in [0.717, 1.165) is 30.4 Å². The van der Waals surface area contributed by atoms with E-state index in [0.29, 0.717) is 5.75 Å². The molecule has 0 bridgehead atoms. The van der Waals surface area contributed by atoms with Crippen molar-refractivity contribution in [3.63, 3.8) is 0 Å². The number of aromatic hydroxyl groups is 1. The highest BCUT2D eigenvalue weighted by molar-refractivity contribution is 5.90. The first-order valence-electron chi connectivity index (χ1n) is 4.88. The number of aromatic nitrogens is 1. The van der Waals surface area contributed by atoms with Crippen LogP contribution in [0.25, 0.3) is 10.9 Å². The molecule has 0 saturated heterocycles. The zero-order valence-electron chi connectivity index (χ0n) is 7.80. The number of nitrogens with one attached hydrogen (secondary N) is 2. The Morgan fingerprint density at radius 3 is 3.14 bits per heavy atom. The predicted molar refractivity (Wildman–Crippen MR) is 55.4 cm³/mol. The minimum atomic E-state index is 0.391. The van der Waals surface area contributed by atoms with Crippen LogP contribution in [0.2, 0.25) is 0 Å². The number of hydrogen-bond donors (Lipinski definition) is 3. The zero-order valence-corrected chi connectivity index (χ0v) is 7.80. The molecule has 2 aromatic rings. The molecule has 3 nitrogen and oxygen atoms in total. The van der Waals surface area contributed by atoms with Crippen LogP contribution >= 0.6 is 0 Å². The fraction of sp³-hybridized carbons (Fsp3) is 0.273. The maximum Gasteiger partial charge on any atom is 0.125 e. The van der Waals surface area contributed by atoms with Gasteiger partial charge in [-0.15, -0.1) is 0 Å². The second kappa shape index (κ2) is 2.75. The van der Waals surface area contributed by atoms with Crippen molar-refractivity contribution in [2.75, 3.05) is 6.54 Å². The highest BCUT2D eigenvalue weighted by Gasteiger charge is 2.16. The topological polar surface area (TPSA) is 48.0 Å². The van der Waals surface area contributed by atoms with E-state index < -0.39 is 0 Å². The fourth-order valence-corrected chi connectivity index (χ4v) is 2.20. The Bertz CT molecular complexity index is 487. The van der Waals surface area contributed by atoms with E-state index in [1.807, 2.05) is 12.1 Å². The molecule has 0 radical (unpaired) electrons. The van der Waals surface area contributed by atoms with Gasteiger partial charge < -0.3 is 15.4 Å². The molecule has 2 heterocycles. The van der Waals surface area contributed by atoms with Crippen molar-refractivity contribution < 1.29 is 5.11 Å². The van der Waals surface area contributed by atoms with E-state index in [1.165, 1.54) is 11.3 Å². The quantitative estimate of drug-likeness (QED) is 0.587. The van der Waals surface area contributed by atoms with Crippen LogP contribution < -0.4 is 5.32 Å². The molecule has 0 spiro atoms. The first-order valence-corrected chi connectivity index (χ1v) is 4.88. The van der Waals surface area contributed by atoms with Crippen molar-refractivity contribution in [3.05, 3.63) is 29.5 Å². The molecule has 3 rings (SSSR count). The molecule has 3 N–H and O–H groups in total. The molecular formula is C11H12N2O. The van der Waals surface area contributed by atoms with Crippen molar-refractivity contribution in [2.24, 2.45) is 0 Å². The van der Waals surface area contributed by atoms with E-state index in [-0.39, 0.29) is 0 Å². The van der Waals surface area contributed by atoms with Gasteiger partial charge in [-0.3, -0.25) is 0 Å². The Kier molecular flexibility index (Phi) is 1.55. The van der Waals surface area contributed by atoms with Crippen molar-refractivity contribution in [2.45, 2.75) is 13.0 Å². The van der Waals surface area contributed by atoms with Crippen molar-refractivity contribution in [1.82, 2.24) is 10.3 Å². The number of fused-ring (bicyclic) bond motifs is 3. The SMILES string of the molecule is Oc1cccc2[nH]c3c(c12)CCNC3. The number of rotatable bonds is 0. The fourth-order valence-electron chi connectivity index (χ4n) is 2.20. The molecule has 1 aliphatic heterocycles. The van der Waals surface area contributed by atoms with Gasteiger partial charge in [0.1, 0.15) is 5.75 Å². The second-order valence-electron chi connectivity index (χ2n) is 3.71. The minimum absolute atomic E-state index is 0.391. The van der Waals surface area contributed by atoms with Gasteiger partial charge in [0, 0.05) is 23.1 Å². The first kappa shape index (κ1) is 7.88. The normalized spacial score (nSPS) is 15.7. The summed E-state index contributed by atoms with van der Waals surface area (Å²) >= 11 is 0. The number of benzene rings is 1. The van der Waals surface area contributed by atoms with E-state index in [9.17, 15) is 5.11 Å². The maximum atomic E-state index is 9.78. The molecule has 3 heteroatoms. The van der Waals surface area contributed by atoms with E-state index in [4.69, 9.17) is 0 Å². The van der Waals surface area contributed by atoms with Crippen LogP contribution in [0.3, 0.4) is 0 Å². The smallest absolute Gasteiger partial charge is 0.125 e. The summed E-state index contributed by atoms with van der Waals surface area (Å²) < 4.78 is 0. The Morgan fingerprint density at radius 2 is 2.21 bits per heavy atom. The largest absolute Gasteiger partial charge is 0.507 e. The van der Waals surface area contributed by atoms with Crippen LogP contribution in [0, 0.1) is 0 Å². The number of phenols is 1. The second-order valence-corrected chi connectivity index (χ2v) is 3.71. The van der Waals surface area contributed by atoms with Crippen molar-refractivity contribution in [3.8, 4) is 5.75 Å². The van der Waals surface area contributed by atoms with E-state index in [1.54, 1.807) is 6.07 Å². The molecule has 1 aromatic carbocycles. The Balaban J connectivity index is 2.38. The van der Waals surface area contributed by atoms with Gasteiger partial charge in [-0.25, -0.2) is 0 Å². The molecule has 0 saturated carbocycles. The summed E-state index contributed by atoms with van der Waals surface area (Å²) in [4.78, 5) is 3.33. The summed E-state index contributed by atoms with van der Waals surface area (Å²) in [7, 11) is 0. The maximum absolute atomic E-state index is 9.78. The van der Waals surface area contributed by atoms with Gasteiger partial charge in [-0.2, -0.15) is 0 Å². The molecule has 0 unspecified atom stereocenters. The van der Waals surface area contributed by atoms with Crippen LogP contribution in [-0.2, 0) is 13.0 Å². The summed E-state index contributed by atoms with van der Waals surface area (Å²) in [6.45, 7) is 1.87. The molecular weight excluding hydrogens is 176 g/mol. The van der Waals surface area contributed by atoms with Gasteiger partial charge in [0.25, 0.3) is 0 Å². The molecule has 0 aliphatic carbocycles. The molecule has 0 atom stereocenters. The summed E-state index contributed by atoms with van der Waals surface area (Å²) in [6.07, 6.45) is 0.993. The molecule has 1 aromatic heterocycles. The monoisotopic (exact) mass is 188 g/mol. The molecule has 72 valence electrons. The molecule has 0 amide bonds. The lowest BCUT2D eigenvalue weighted by molar-refractivity contribution is 0.481. The standard InChI is InChI=1S/C11H12N2O/c14-10-3-1-2-8-11(10)7-4-5-12-6-9(7)13-8/h1-3,12-14H,4-6H2. The third-order valence-electron chi connectivity index (χ3n) is 2.85. The van der Waals surface area contributed by atoms with E-state index in [2.05, 4.69) is 10.3 Å². The van der Waals surface area contributed by atoms with Crippen molar-refractivity contribution >= 4 is 10.9 Å². The highest BCUT2D eigenvalue weighted by atomic mass is 16.3. The number of aromatic amines is 1. The van der Waals surface area contributed by atoms with Gasteiger partial charge in [-0.05, 0) is 30.7 Å². The average Bonchev–Trinajstić information content (AvgIpc) is 2.57.